The normalized spacial score (nSPS) is 10.8. The highest BCUT2D eigenvalue weighted by Crippen LogP contribution is 2.14. The number of guanidine groups is 1. The largest absolute Gasteiger partial charge is 0.378 e. The molecule has 0 radical (unpaired) electrons. The maximum atomic E-state index is 5.95. The summed E-state index contributed by atoms with van der Waals surface area (Å²) in [6.45, 7) is 2.70. The molecule has 0 spiro atoms. The number of aliphatic imine (C=N–C) groups is 1. The standard InChI is InChI=1S/C18H24N4.HI/c1-4-14-8-10-16(11-9-14)21-18(19)20-13-15-6-5-7-17(12-15)22(2)3;/h5-12H,4,13H2,1-3H3,(H3,19,20,21);1H. The van der Waals surface area contributed by atoms with E-state index in [1.807, 2.05) is 32.3 Å². The van der Waals surface area contributed by atoms with E-state index >= 15 is 0 Å². The Morgan fingerprint density at radius 2 is 1.78 bits per heavy atom. The van der Waals surface area contributed by atoms with Gasteiger partial charge in [-0.2, -0.15) is 0 Å². The van der Waals surface area contributed by atoms with Gasteiger partial charge < -0.3 is 16.0 Å². The van der Waals surface area contributed by atoms with E-state index in [9.17, 15) is 0 Å². The van der Waals surface area contributed by atoms with Crippen molar-refractivity contribution in [3.8, 4) is 0 Å². The molecule has 0 bridgehead atoms. The van der Waals surface area contributed by atoms with Gasteiger partial charge in [0.05, 0.1) is 6.54 Å². The van der Waals surface area contributed by atoms with Crippen molar-refractivity contribution in [3.05, 3.63) is 59.7 Å². The third-order valence-electron chi connectivity index (χ3n) is 3.49. The number of nitrogens with one attached hydrogen (secondary N) is 1. The summed E-state index contributed by atoms with van der Waals surface area (Å²) >= 11 is 0. The average molecular weight is 424 g/mol. The molecule has 0 aliphatic rings. The molecule has 0 saturated heterocycles. The third kappa shape index (κ3) is 6.09. The maximum Gasteiger partial charge on any atom is 0.193 e. The zero-order valence-corrected chi connectivity index (χ0v) is 16.2. The van der Waals surface area contributed by atoms with Gasteiger partial charge in [-0.25, -0.2) is 4.99 Å². The number of rotatable bonds is 5. The molecule has 0 aliphatic carbocycles. The Morgan fingerprint density at radius 1 is 1.09 bits per heavy atom. The van der Waals surface area contributed by atoms with Crippen molar-refractivity contribution in [1.82, 2.24) is 0 Å². The van der Waals surface area contributed by atoms with Crippen molar-refractivity contribution in [2.24, 2.45) is 10.7 Å². The topological polar surface area (TPSA) is 53.6 Å². The number of aryl methyl sites for hydroxylation is 1. The smallest absolute Gasteiger partial charge is 0.193 e. The van der Waals surface area contributed by atoms with E-state index in [2.05, 4.69) is 52.5 Å². The van der Waals surface area contributed by atoms with Crippen LogP contribution in [-0.2, 0) is 13.0 Å². The van der Waals surface area contributed by atoms with E-state index in [4.69, 9.17) is 5.73 Å². The molecule has 2 aromatic carbocycles. The fraction of sp³-hybridized carbons (Fsp3) is 0.278. The first-order valence-electron chi connectivity index (χ1n) is 7.50. The summed E-state index contributed by atoms with van der Waals surface area (Å²) in [5.41, 5.74) is 10.5. The minimum Gasteiger partial charge on any atom is -0.378 e. The molecule has 0 heterocycles. The van der Waals surface area contributed by atoms with Gasteiger partial charge >= 0.3 is 0 Å². The van der Waals surface area contributed by atoms with Crippen LogP contribution in [0, 0.1) is 0 Å². The molecule has 23 heavy (non-hydrogen) atoms. The molecule has 0 amide bonds. The summed E-state index contributed by atoms with van der Waals surface area (Å²) in [6, 6.07) is 16.5. The zero-order valence-electron chi connectivity index (χ0n) is 13.9. The van der Waals surface area contributed by atoms with Crippen molar-refractivity contribution in [2.45, 2.75) is 19.9 Å². The SMILES string of the molecule is CCc1ccc(NC(N)=NCc2cccc(N(C)C)c2)cc1.I. The van der Waals surface area contributed by atoms with Crippen LogP contribution in [0.2, 0.25) is 0 Å². The first-order valence-corrected chi connectivity index (χ1v) is 7.50. The molecule has 0 aliphatic heterocycles. The van der Waals surface area contributed by atoms with Gasteiger partial charge in [0, 0.05) is 25.5 Å². The number of hydrogen-bond acceptors (Lipinski definition) is 2. The van der Waals surface area contributed by atoms with Crippen LogP contribution in [0.1, 0.15) is 18.1 Å². The summed E-state index contributed by atoms with van der Waals surface area (Å²) in [6.07, 6.45) is 1.03. The molecule has 2 aromatic rings. The van der Waals surface area contributed by atoms with E-state index in [0.29, 0.717) is 12.5 Å². The second-order valence-corrected chi connectivity index (χ2v) is 5.44. The molecule has 4 nitrogen and oxygen atoms in total. The molecule has 0 saturated carbocycles. The molecule has 0 unspecified atom stereocenters. The quantitative estimate of drug-likeness (QED) is 0.436. The van der Waals surface area contributed by atoms with Gasteiger partial charge in [-0.1, -0.05) is 31.2 Å². The highest BCUT2D eigenvalue weighted by Gasteiger charge is 1.99. The fourth-order valence-corrected chi connectivity index (χ4v) is 2.12. The van der Waals surface area contributed by atoms with Crippen molar-refractivity contribution in [3.63, 3.8) is 0 Å². The lowest BCUT2D eigenvalue weighted by atomic mass is 10.1. The molecule has 0 fully saturated rings. The molecular formula is C18H25IN4. The van der Waals surface area contributed by atoms with Crippen molar-refractivity contribution >= 4 is 41.3 Å². The summed E-state index contributed by atoms with van der Waals surface area (Å²) < 4.78 is 0. The van der Waals surface area contributed by atoms with Crippen molar-refractivity contribution in [2.75, 3.05) is 24.3 Å². The second-order valence-electron chi connectivity index (χ2n) is 5.44. The third-order valence-corrected chi connectivity index (χ3v) is 3.49. The Labute approximate surface area is 155 Å². The Morgan fingerprint density at radius 3 is 2.39 bits per heavy atom. The molecule has 3 N–H and O–H groups in total. The first-order chi connectivity index (χ1) is 10.6. The van der Waals surface area contributed by atoms with Gasteiger partial charge in [0.2, 0.25) is 0 Å². The summed E-state index contributed by atoms with van der Waals surface area (Å²) in [5, 5.41) is 3.12. The van der Waals surface area contributed by atoms with Crippen molar-refractivity contribution < 1.29 is 0 Å². The lowest BCUT2D eigenvalue weighted by Gasteiger charge is -2.13. The summed E-state index contributed by atoms with van der Waals surface area (Å²) in [4.78, 5) is 6.47. The number of hydrogen-bond donors (Lipinski definition) is 2. The second kappa shape index (κ2) is 9.39. The van der Waals surface area contributed by atoms with Crippen LogP contribution >= 0.6 is 24.0 Å². The van der Waals surface area contributed by atoms with E-state index in [0.717, 1.165) is 23.4 Å². The van der Waals surface area contributed by atoms with Gasteiger partial charge in [-0.3, -0.25) is 0 Å². The Bertz CT molecular complexity index is 636. The number of anilines is 2. The Balaban J connectivity index is 0.00000264. The van der Waals surface area contributed by atoms with Gasteiger partial charge in [-0.15, -0.1) is 24.0 Å². The monoisotopic (exact) mass is 424 g/mol. The molecule has 0 aromatic heterocycles. The van der Waals surface area contributed by atoms with Gasteiger partial charge in [0.1, 0.15) is 0 Å². The van der Waals surface area contributed by atoms with Crippen LogP contribution in [0.3, 0.4) is 0 Å². The van der Waals surface area contributed by atoms with Crippen LogP contribution in [0.5, 0.6) is 0 Å². The lowest BCUT2D eigenvalue weighted by Crippen LogP contribution is -2.22. The summed E-state index contributed by atoms with van der Waals surface area (Å²) in [5.74, 6) is 0.430. The Hall–Kier alpha value is -1.76. The van der Waals surface area contributed by atoms with Crippen LogP contribution in [0.25, 0.3) is 0 Å². The number of nitrogens with zero attached hydrogens (tertiary/aromatic N) is 2. The molecule has 5 heteroatoms. The van der Waals surface area contributed by atoms with Crippen LogP contribution in [-0.4, -0.2) is 20.1 Å². The maximum absolute atomic E-state index is 5.95. The fourth-order valence-electron chi connectivity index (χ4n) is 2.12. The minimum absolute atomic E-state index is 0. The predicted octanol–water partition coefficient (Wildman–Crippen LogP) is 3.86. The molecule has 2 rings (SSSR count). The average Bonchev–Trinajstić information content (AvgIpc) is 2.54. The van der Waals surface area contributed by atoms with E-state index in [1.165, 1.54) is 5.56 Å². The molecule has 124 valence electrons. The Kier molecular flexibility index (Phi) is 7.88. The minimum atomic E-state index is 0. The first kappa shape index (κ1) is 19.3. The molecule has 0 atom stereocenters. The summed E-state index contributed by atoms with van der Waals surface area (Å²) in [7, 11) is 4.05. The van der Waals surface area contributed by atoms with Crippen LogP contribution in [0.15, 0.2) is 53.5 Å². The predicted molar refractivity (Wildman–Crippen MR) is 111 cm³/mol. The van der Waals surface area contributed by atoms with E-state index < -0.39 is 0 Å². The highest BCUT2D eigenvalue weighted by molar-refractivity contribution is 14.0. The van der Waals surface area contributed by atoms with Gasteiger partial charge in [-0.05, 0) is 41.8 Å². The highest BCUT2D eigenvalue weighted by atomic mass is 127. The van der Waals surface area contributed by atoms with Crippen LogP contribution < -0.4 is 16.0 Å². The van der Waals surface area contributed by atoms with E-state index in [-0.39, 0.29) is 24.0 Å². The van der Waals surface area contributed by atoms with E-state index in [1.54, 1.807) is 0 Å². The number of nitrogens with two attached hydrogens (primary N) is 1. The number of halogens is 1. The van der Waals surface area contributed by atoms with Crippen LogP contribution in [0.4, 0.5) is 11.4 Å². The zero-order chi connectivity index (χ0) is 15.9. The van der Waals surface area contributed by atoms with Gasteiger partial charge in [0.25, 0.3) is 0 Å². The number of benzene rings is 2. The van der Waals surface area contributed by atoms with Crippen molar-refractivity contribution in [1.29, 1.82) is 0 Å². The molecular weight excluding hydrogens is 399 g/mol. The lowest BCUT2D eigenvalue weighted by molar-refractivity contribution is 1.05. The van der Waals surface area contributed by atoms with Gasteiger partial charge in [0.15, 0.2) is 5.96 Å².